The molecule has 1 aliphatic heterocycles. The molecule has 1 saturated heterocycles. The molecule has 0 unspecified atom stereocenters. The highest BCUT2D eigenvalue weighted by atomic mass is 16.4. The van der Waals surface area contributed by atoms with Gasteiger partial charge < -0.3 is 24.5 Å². The van der Waals surface area contributed by atoms with Crippen LogP contribution >= 0.6 is 0 Å². The number of carbonyl (C=O) groups is 1. The van der Waals surface area contributed by atoms with Crippen LogP contribution in [-0.4, -0.2) is 46.5 Å². The minimum atomic E-state index is -0.0302. The summed E-state index contributed by atoms with van der Waals surface area (Å²) in [5.41, 5.74) is 4.88. The molecule has 9 heteroatoms. The average Bonchev–Trinajstić information content (AvgIpc) is 3.66. The summed E-state index contributed by atoms with van der Waals surface area (Å²) in [6.45, 7) is 4.97. The average molecular weight is 549 g/mol. The Hall–Kier alpha value is -4.50. The molecule has 41 heavy (non-hydrogen) atoms. The SMILES string of the molecule is CC(=O)c1cc2cnc(Nc3ccc(-c4ccc5c(=O)cc(N6CCNCC6)oc5c4)cc3)nc2n1C1CCCC1. The Morgan fingerprint density at radius 2 is 1.76 bits per heavy atom. The molecule has 0 radical (unpaired) electrons. The van der Waals surface area contributed by atoms with Crippen LogP contribution in [0.4, 0.5) is 17.5 Å². The molecule has 2 N–H and O–H groups in total. The Kier molecular flexibility index (Phi) is 6.51. The van der Waals surface area contributed by atoms with E-state index >= 15 is 0 Å². The first-order chi connectivity index (χ1) is 20.0. The highest BCUT2D eigenvalue weighted by Crippen LogP contribution is 2.35. The number of carbonyl (C=O) groups excluding carboxylic acids is 1. The molecule has 1 aliphatic carbocycles. The lowest BCUT2D eigenvalue weighted by atomic mass is 10.0. The number of rotatable bonds is 6. The number of nitrogens with one attached hydrogen (secondary N) is 2. The van der Waals surface area contributed by atoms with Crippen LogP contribution in [0.15, 0.2) is 70.0 Å². The van der Waals surface area contributed by atoms with Gasteiger partial charge in [0.1, 0.15) is 11.2 Å². The number of benzene rings is 2. The second kappa shape index (κ2) is 10.5. The quantitative estimate of drug-likeness (QED) is 0.261. The smallest absolute Gasteiger partial charge is 0.229 e. The lowest BCUT2D eigenvalue weighted by Crippen LogP contribution is -2.43. The van der Waals surface area contributed by atoms with Crippen molar-refractivity contribution in [3.63, 3.8) is 0 Å². The van der Waals surface area contributed by atoms with Gasteiger partial charge >= 0.3 is 0 Å². The minimum absolute atomic E-state index is 0.0302. The van der Waals surface area contributed by atoms with E-state index in [1.807, 2.05) is 48.5 Å². The van der Waals surface area contributed by atoms with Gasteiger partial charge in [0.05, 0.1) is 11.1 Å². The largest absolute Gasteiger partial charge is 0.440 e. The van der Waals surface area contributed by atoms with Gasteiger partial charge in [-0.3, -0.25) is 9.59 Å². The fourth-order valence-electron chi connectivity index (χ4n) is 6.11. The lowest BCUT2D eigenvalue weighted by Gasteiger charge is -2.27. The summed E-state index contributed by atoms with van der Waals surface area (Å²) >= 11 is 0. The zero-order chi connectivity index (χ0) is 27.9. The van der Waals surface area contributed by atoms with E-state index in [0.717, 1.165) is 66.9 Å². The summed E-state index contributed by atoms with van der Waals surface area (Å²) in [5, 5.41) is 8.10. The summed E-state index contributed by atoms with van der Waals surface area (Å²) in [6.07, 6.45) is 6.26. The fourth-order valence-corrected chi connectivity index (χ4v) is 6.11. The molecule has 0 amide bonds. The van der Waals surface area contributed by atoms with E-state index in [-0.39, 0.29) is 11.2 Å². The lowest BCUT2D eigenvalue weighted by molar-refractivity contribution is 0.100. The standard InChI is InChI=1S/C32H32N6O3/c1-20(39)27-16-23-19-34-32(36-31(23)38(27)25-4-2-3-5-25)35-24-9-6-21(7-10-24)22-8-11-26-28(40)18-30(41-29(26)17-22)37-14-12-33-13-15-37/h6-11,16-19,25,33H,2-5,12-15H2,1H3,(H,34,35,36). The van der Waals surface area contributed by atoms with Gasteiger partial charge in [0, 0.05) is 62.5 Å². The number of aromatic nitrogens is 3. The topological polar surface area (TPSA) is 105 Å². The Labute approximate surface area is 237 Å². The Morgan fingerprint density at radius 3 is 2.51 bits per heavy atom. The number of fused-ring (bicyclic) bond motifs is 2. The highest BCUT2D eigenvalue weighted by molar-refractivity contribution is 5.98. The number of piperazine rings is 1. The first-order valence-electron chi connectivity index (χ1n) is 14.3. The van der Waals surface area contributed by atoms with Crippen LogP contribution in [0.5, 0.6) is 0 Å². The molecule has 0 spiro atoms. The zero-order valence-corrected chi connectivity index (χ0v) is 23.0. The van der Waals surface area contributed by atoms with Crippen LogP contribution in [0, 0.1) is 0 Å². The maximum Gasteiger partial charge on any atom is 0.229 e. The number of nitrogens with zero attached hydrogens (tertiary/aromatic N) is 4. The first kappa shape index (κ1) is 25.5. The zero-order valence-electron chi connectivity index (χ0n) is 23.0. The van der Waals surface area contributed by atoms with E-state index in [2.05, 4.69) is 25.1 Å². The van der Waals surface area contributed by atoms with Gasteiger partial charge in [-0.1, -0.05) is 31.0 Å². The molecule has 208 valence electrons. The number of hydrogen-bond donors (Lipinski definition) is 2. The highest BCUT2D eigenvalue weighted by Gasteiger charge is 2.24. The molecule has 0 atom stereocenters. The molecule has 0 bridgehead atoms. The monoisotopic (exact) mass is 548 g/mol. The number of anilines is 3. The predicted molar refractivity (Wildman–Crippen MR) is 161 cm³/mol. The van der Waals surface area contributed by atoms with Crippen LogP contribution in [0.2, 0.25) is 0 Å². The van der Waals surface area contributed by atoms with Crippen molar-refractivity contribution < 1.29 is 9.21 Å². The second-order valence-electron chi connectivity index (χ2n) is 11.0. The van der Waals surface area contributed by atoms with E-state index in [9.17, 15) is 9.59 Å². The van der Waals surface area contributed by atoms with Crippen molar-refractivity contribution in [3.05, 3.63) is 76.7 Å². The molecule has 4 heterocycles. The second-order valence-corrected chi connectivity index (χ2v) is 11.0. The van der Waals surface area contributed by atoms with Gasteiger partial charge in [-0.2, -0.15) is 4.98 Å². The molecule has 9 nitrogen and oxygen atoms in total. The van der Waals surface area contributed by atoms with Gasteiger partial charge in [0.2, 0.25) is 5.95 Å². The van der Waals surface area contributed by atoms with Crippen LogP contribution in [0.1, 0.15) is 49.1 Å². The van der Waals surface area contributed by atoms with Crippen molar-refractivity contribution in [2.45, 2.75) is 38.6 Å². The number of ketones is 1. The molecule has 7 rings (SSSR count). The van der Waals surface area contributed by atoms with Crippen molar-refractivity contribution in [1.82, 2.24) is 19.9 Å². The number of hydrogen-bond acceptors (Lipinski definition) is 8. The van der Waals surface area contributed by atoms with Gasteiger partial charge in [0.25, 0.3) is 0 Å². The van der Waals surface area contributed by atoms with Gasteiger partial charge in [-0.25, -0.2) is 4.98 Å². The maximum absolute atomic E-state index is 12.8. The van der Waals surface area contributed by atoms with Crippen molar-refractivity contribution in [2.75, 3.05) is 36.4 Å². The molecule has 5 aromatic rings. The van der Waals surface area contributed by atoms with E-state index < -0.39 is 0 Å². The van der Waals surface area contributed by atoms with E-state index in [1.54, 1.807) is 19.2 Å². The van der Waals surface area contributed by atoms with Gasteiger partial charge in [-0.15, -0.1) is 0 Å². The Balaban J connectivity index is 1.15. The van der Waals surface area contributed by atoms with E-state index in [0.29, 0.717) is 34.5 Å². The molecule has 1 saturated carbocycles. The summed E-state index contributed by atoms with van der Waals surface area (Å²) in [4.78, 5) is 36.6. The maximum atomic E-state index is 12.8. The molecule has 2 aliphatic rings. The van der Waals surface area contributed by atoms with Crippen molar-refractivity contribution in [1.29, 1.82) is 0 Å². The molecular weight excluding hydrogens is 516 g/mol. The Morgan fingerprint density at radius 1 is 1.00 bits per heavy atom. The van der Waals surface area contributed by atoms with Crippen LogP contribution in [0.25, 0.3) is 33.1 Å². The molecule has 3 aromatic heterocycles. The van der Waals surface area contributed by atoms with Crippen molar-refractivity contribution in [3.8, 4) is 11.1 Å². The predicted octanol–water partition coefficient (Wildman–Crippen LogP) is 5.68. The summed E-state index contributed by atoms with van der Waals surface area (Å²) < 4.78 is 8.31. The third-order valence-electron chi connectivity index (χ3n) is 8.25. The molecule has 2 fully saturated rings. The van der Waals surface area contributed by atoms with Crippen molar-refractivity contribution >= 4 is 45.3 Å². The van der Waals surface area contributed by atoms with Crippen molar-refractivity contribution in [2.24, 2.45) is 0 Å². The normalized spacial score (nSPS) is 16.1. The minimum Gasteiger partial charge on any atom is -0.440 e. The fraction of sp³-hybridized carbons (Fsp3) is 0.312. The van der Waals surface area contributed by atoms with Crippen LogP contribution in [-0.2, 0) is 0 Å². The van der Waals surface area contributed by atoms with Gasteiger partial charge in [0.15, 0.2) is 17.1 Å². The molecule has 2 aromatic carbocycles. The summed E-state index contributed by atoms with van der Waals surface area (Å²) in [6, 6.07) is 17.5. The third-order valence-corrected chi connectivity index (χ3v) is 8.25. The first-order valence-corrected chi connectivity index (χ1v) is 14.3. The van der Waals surface area contributed by atoms with E-state index in [1.165, 1.54) is 12.8 Å². The van der Waals surface area contributed by atoms with E-state index in [4.69, 9.17) is 9.40 Å². The van der Waals surface area contributed by atoms with Gasteiger partial charge in [-0.05, 0) is 54.3 Å². The summed E-state index contributed by atoms with van der Waals surface area (Å²) in [5.74, 6) is 1.16. The Bertz CT molecular complexity index is 1810. The summed E-state index contributed by atoms with van der Waals surface area (Å²) in [7, 11) is 0. The van der Waals surface area contributed by atoms with Crippen LogP contribution < -0.4 is 21.0 Å². The third kappa shape index (κ3) is 4.86. The molecular formula is C32H32N6O3. The number of Topliss-reactive ketones (excluding diaryl/α,β-unsaturated/α-hetero) is 1. The van der Waals surface area contributed by atoms with Crippen LogP contribution in [0.3, 0.4) is 0 Å².